The van der Waals surface area contributed by atoms with E-state index in [9.17, 15) is 4.79 Å². The molecular weight excluding hydrogens is 505 g/mol. The molecule has 1 fully saturated rings. The second kappa shape index (κ2) is 12.5. The standard InChI is InChI=1S/C22H50O8Si4/c1-14-15-24-22(23)25-16-17-18(27-31(2,3)4)19(28-32(5,6)7)20(29-33(8,9)10)21(26-17)30-34(11,12)13/h17-21H,14-16H2,1-13H3. The fraction of sp³-hybridized carbons (Fsp3) is 0.955. The number of carbonyl (C=O) groups is 1. The maximum absolute atomic E-state index is 12.1. The Bertz CT molecular complexity index is 637. The van der Waals surface area contributed by atoms with Crippen LogP contribution in [0.1, 0.15) is 13.3 Å². The van der Waals surface area contributed by atoms with Crippen molar-refractivity contribution in [3.63, 3.8) is 0 Å². The zero-order valence-corrected chi connectivity index (χ0v) is 27.8. The van der Waals surface area contributed by atoms with Crippen molar-refractivity contribution in [3.8, 4) is 0 Å². The van der Waals surface area contributed by atoms with Crippen molar-refractivity contribution in [2.45, 2.75) is 123 Å². The summed E-state index contributed by atoms with van der Waals surface area (Å²) in [5, 5.41) is 0. The molecule has 1 rings (SSSR count). The molecule has 1 aliphatic heterocycles. The van der Waals surface area contributed by atoms with Crippen LogP contribution in [0.5, 0.6) is 0 Å². The summed E-state index contributed by atoms with van der Waals surface area (Å²) in [6.45, 7) is 27.9. The highest BCUT2D eigenvalue weighted by molar-refractivity contribution is 6.71. The maximum atomic E-state index is 12.1. The molecule has 12 heteroatoms. The molecule has 1 saturated heterocycles. The van der Waals surface area contributed by atoms with Crippen LogP contribution in [0.15, 0.2) is 0 Å². The van der Waals surface area contributed by atoms with Crippen molar-refractivity contribution in [1.29, 1.82) is 0 Å². The van der Waals surface area contributed by atoms with E-state index in [0.717, 1.165) is 6.42 Å². The van der Waals surface area contributed by atoms with Gasteiger partial charge in [-0.05, 0) is 85.0 Å². The van der Waals surface area contributed by atoms with Crippen LogP contribution in [0.4, 0.5) is 4.79 Å². The van der Waals surface area contributed by atoms with Crippen LogP contribution in [0.2, 0.25) is 78.6 Å². The Morgan fingerprint density at radius 1 is 0.647 bits per heavy atom. The van der Waals surface area contributed by atoms with Gasteiger partial charge in [-0.25, -0.2) is 4.79 Å². The summed E-state index contributed by atoms with van der Waals surface area (Å²) in [5.74, 6) is 0. The van der Waals surface area contributed by atoms with Gasteiger partial charge in [0, 0.05) is 0 Å². The minimum Gasteiger partial charge on any atom is -0.434 e. The van der Waals surface area contributed by atoms with Gasteiger partial charge >= 0.3 is 6.16 Å². The number of ether oxygens (including phenoxy) is 3. The van der Waals surface area contributed by atoms with Crippen LogP contribution in [-0.2, 0) is 31.9 Å². The third-order valence-electron chi connectivity index (χ3n) is 4.32. The molecular formula is C22H50O8Si4. The summed E-state index contributed by atoms with van der Waals surface area (Å²) in [6, 6.07) is 0. The van der Waals surface area contributed by atoms with E-state index in [1.54, 1.807) is 0 Å². The molecule has 0 spiro atoms. The van der Waals surface area contributed by atoms with E-state index >= 15 is 0 Å². The molecule has 8 nitrogen and oxygen atoms in total. The number of rotatable bonds is 12. The third-order valence-corrected chi connectivity index (χ3v) is 8.20. The zero-order chi connectivity index (χ0) is 26.5. The Labute approximate surface area is 211 Å². The number of hydrogen-bond donors (Lipinski definition) is 0. The summed E-state index contributed by atoms with van der Waals surface area (Å²) in [7, 11) is -8.06. The van der Waals surface area contributed by atoms with Gasteiger partial charge in [0.1, 0.15) is 31.0 Å². The first-order chi connectivity index (χ1) is 15.2. The highest BCUT2D eigenvalue weighted by Gasteiger charge is 2.53. The minimum atomic E-state index is -2.03. The van der Waals surface area contributed by atoms with Crippen molar-refractivity contribution < 1.29 is 36.7 Å². The Balaban J connectivity index is 3.42. The fourth-order valence-corrected chi connectivity index (χ4v) is 7.60. The van der Waals surface area contributed by atoms with E-state index in [1.165, 1.54) is 0 Å². The van der Waals surface area contributed by atoms with Crippen LogP contribution >= 0.6 is 0 Å². The molecule has 0 saturated carbocycles. The van der Waals surface area contributed by atoms with Gasteiger partial charge in [0.25, 0.3) is 0 Å². The normalized spacial score (nSPS) is 26.9. The molecule has 5 atom stereocenters. The molecule has 5 unspecified atom stereocenters. The molecule has 0 aliphatic carbocycles. The van der Waals surface area contributed by atoms with E-state index in [1.807, 2.05) is 6.92 Å². The topological polar surface area (TPSA) is 81.7 Å². The Morgan fingerprint density at radius 3 is 1.53 bits per heavy atom. The molecule has 34 heavy (non-hydrogen) atoms. The first-order valence-corrected chi connectivity index (χ1v) is 26.0. The van der Waals surface area contributed by atoms with Gasteiger partial charge in [-0.1, -0.05) is 6.92 Å². The highest BCUT2D eigenvalue weighted by atomic mass is 28.4. The first-order valence-electron chi connectivity index (χ1n) is 12.4. The molecule has 0 amide bonds. The zero-order valence-electron chi connectivity index (χ0n) is 23.8. The monoisotopic (exact) mass is 554 g/mol. The fourth-order valence-electron chi connectivity index (χ4n) is 3.46. The molecule has 1 heterocycles. The van der Waals surface area contributed by atoms with Gasteiger partial charge < -0.3 is 31.9 Å². The average Bonchev–Trinajstić information content (AvgIpc) is 2.59. The minimum absolute atomic E-state index is 0.00548. The largest absolute Gasteiger partial charge is 0.508 e. The SMILES string of the molecule is CCCOC(=O)OCC1OC(O[Si](C)(C)C)C(O[Si](C)(C)C)C(O[Si](C)(C)C)C1O[Si](C)(C)C. The average molecular weight is 555 g/mol. The predicted octanol–water partition coefficient (Wildman–Crippen LogP) is 5.79. The van der Waals surface area contributed by atoms with Crippen molar-refractivity contribution >= 4 is 39.4 Å². The van der Waals surface area contributed by atoms with E-state index in [0.29, 0.717) is 6.61 Å². The second-order valence-electron chi connectivity index (χ2n) is 12.8. The van der Waals surface area contributed by atoms with Gasteiger partial charge in [-0.2, -0.15) is 0 Å². The van der Waals surface area contributed by atoms with Crippen molar-refractivity contribution in [1.82, 2.24) is 0 Å². The van der Waals surface area contributed by atoms with E-state index in [2.05, 4.69) is 78.6 Å². The molecule has 202 valence electrons. The third kappa shape index (κ3) is 12.8. The molecule has 0 bridgehead atoms. The van der Waals surface area contributed by atoms with Gasteiger partial charge in [0.2, 0.25) is 0 Å². The van der Waals surface area contributed by atoms with Crippen molar-refractivity contribution in [3.05, 3.63) is 0 Å². The summed E-state index contributed by atoms with van der Waals surface area (Å²) >= 11 is 0. The van der Waals surface area contributed by atoms with Gasteiger partial charge in [-0.15, -0.1) is 0 Å². The van der Waals surface area contributed by atoms with Crippen LogP contribution in [0, 0.1) is 0 Å². The van der Waals surface area contributed by atoms with Crippen LogP contribution in [0.25, 0.3) is 0 Å². The van der Waals surface area contributed by atoms with Crippen molar-refractivity contribution in [2.75, 3.05) is 13.2 Å². The van der Waals surface area contributed by atoms with Gasteiger partial charge in [0.15, 0.2) is 39.6 Å². The Kier molecular flexibility index (Phi) is 11.7. The first kappa shape index (κ1) is 32.0. The molecule has 0 aromatic heterocycles. The summed E-state index contributed by atoms with van der Waals surface area (Å²) < 4.78 is 43.6. The van der Waals surface area contributed by atoms with E-state index in [4.69, 9.17) is 31.9 Å². The molecule has 0 aromatic carbocycles. The molecule has 0 N–H and O–H groups in total. The number of carbonyl (C=O) groups excluding carboxylic acids is 1. The summed E-state index contributed by atoms with van der Waals surface area (Å²) in [5.41, 5.74) is 0. The van der Waals surface area contributed by atoms with E-state index in [-0.39, 0.29) is 6.61 Å². The summed E-state index contributed by atoms with van der Waals surface area (Å²) in [4.78, 5) is 12.1. The maximum Gasteiger partial charge on any atom is 0.508 e. The van der Waals surface area contributed by atoms with Gasteiger partial charge in [-0.3, -0.25) is 0 Å². The molecule has 1 aliphatic rings. The quantitative estimate of drug-likeness (QED) is 0.222. The van der Waals surface area contributed by atoms with Crippen LogP contribution < -0.4 is 0 Å². The van der Waals surface area contributed by atoms with E-state index < -0.39 is 70.1 Å². The lowest BCUT2D eigenvalue weighted by molar-refractivity contribution is -0.269. The Morgan fingerprint density at radius 2 is 1.09 bits per heavy atom. The lowest BCUT2D eigenvalue weighted by Gasteiger charge is -2.51. The van der Waals surface area contributed by atoms with Crippen LogP contribution in [-0.4, -0.2) is 83.3 Å². The summed E-state index contributed by atoms with van der Waals surface area (Å²) in [6.07, 6.45) is -2.48. The lowest BCUT2D eigenvalue weighted by Crippen LogP contribution is -2.67. The smallest absolute Gasteiger partial charge is 0.434 e. The Hall–Kier alpha value is -0.0625. The molecule has 0 radical (unpaired) electrons. The number of hydrogen-bond acceptors (Lipinski definition) is 8. The predicted molar refractivity (Wildman–Crippen MR) is 145 cm³/mol. The lowest BCUT2D eigenvalue weighted by atomic mass is 9.99. The van der Waals surface area contributed by atoms with Crippen molar-refractivity contribution in [2.24, 2.45) is 0 Å². The van der Waals surface area contributed by atoms with Gasteiger partial charge in [0.05, 0.1) is 6.61 Å². The van der Waals surface area contributed by atoms with Crippen LogP contribution in [0.3, 0.4) is 0 Å². The molecule has 0 aromatic rings. The second-order valence-corrected chi connectivity index (χ2v) is 30.6. The highest BCUT2D eigenvalue weighted by Crippen LogP contribution is 2.35.